The first-order valence-electron chi connectivity index (χ1n) is 5.90. The Bertz CT molecular complexity index is 475. The molecule has 0 bridgehead atoms. The highest BCUT2D eigenvalue weighted by atomic mass is 32.2. The van der Waals surface area contributed by atoms with Crippen molar-refractivity contribution in [2.75, 3.05) is 5.75 Å². The van der Waals surface area contributed by atoms with E-state index in [1.165, 1.54) is 0 Å². The van der Waals surface area contributed by atoms with Crippen LogP contribution in [0.2, 0.25) is 0 Å². The van der Waals surface area contributed by atoms with Crippen molar-refractivity contribution in [3.8, 4) is 5.75 Å². The lowest BCUT2D eigenvalue weighted by Crippen LogP contribution is -2.47. The van der Waals surface area contributed by atoms with Crippen LogP contribution >= 0.6 is 11.8 Å². The van der Waals surface area contributed by atoms with Gasteiger partial charge in [0.1, 0.15) is 11.3 Å². The Labute approximate surface area is 111 Å². The Hall–Kier alpha value is -1.20. The summed E-state index contributed by atoms with van der Waals surface area (Å²) in [5.74, 6) is 0.410. The molecule has 0 saturated heterocycles. The molecule has 1 aliphatic rings. The van der Waals surface area contributed by atoms with Gasteiger partial charge in [-0.25, -0.2) is 4.79 Å². The molecule has 18 heavy (non-hydrogen) atoms. The Kier molecular flexibility index (Phi) is 3.54. The molecule has 1 unspecified atom stereocenters. The third kappa shape index (κ3) is 2.33. The van der Waals surface area contributed by atoms with Gasteiger partial charge < -0.3 is 15.6 Å². The number of aliphatic carboxylic acids is 1. The summed E-state index contributed by atoms with van der Waals surface area (Å²) in [6, 6.07) is 5.51. The molecule has 0 radical (unpaired) electrons. The highest BCUT2D eigenvalue weighted by molar-refractivity contribution is 7.99. The second-order valence-electron chi connectivity index (χ2n) is 4.70. The van der Waals surface area contributed by atoms with Crippen LogP contribution in [0.5, 0.6) is 5.75 Å². The number of fused-ring (bicyclic) bond motifs is 1. The topological polar surface area (TPSA) is 72.5 Å². The lowest BCUT2D eigenvalue weighted by atomic mass is 9.88. The number of carbonyl (C=O) groups is 1. The second kappa shape index (κ2) is 4.82. The van der Waals surface area contributed by atoms with Gasteiger partial charge in [-0.2, -0.15) is 0 Å². The van der Waals surface area contributed by atoms with Gasteiger partial charge in [0.05, 0.1) is 6.10 Å². The van der Waals surface area contributed by atoms with E-state index in [-0.39, 0.29) is 6.10 Å². The number of thioether (sulfide) groups is 1. The summed E-state index contributed by atoms with van der Waals surface area (Å²) < 4.78 is 5.60. The van der Waals surface area contributed by atoms with E-state index in [0.29, 0.717) is 17.7 Å². The molecule has 0 aromatic heterocycles. The van der Waals surface area contributed by atoms with Gasteiger partial charge >= 0.3 is 5.97 Å². The Morgan fingerprint density at radius 3 is 2.89 bits per heavy atom. The van der Waals surface area contributed by atoms with Crippen LogP contribution in [0.1, 0.15) is 25.8 Å². The van der Waals surface area contributed by atoms with Gasteiger partial charge in [0.2, 0.25) is 0 Å². The first-order valence-corrected chi connectivity index (χ1v) is 6.88. The molecule has 1 aromatic rings. The molecule has 0 saturated carbocycles. The van der Waals surface area contributed by atoms with E-state index in [1.807, 2.05) is 26.0 Å². The summed E-state index contributed by atoms with van der Waals surface area (Å²) >= 11 is 1.64. The SMILES string of the molecule is CC(C)Oc1ccc2c(c1)C(N)(C(=O)O)CCS2. The molecule has 1 aliphatic heterocycles. The molecular weight excluding hydrogens is 250 g/mol. The Morgan fingerprint density at radius 2 is 2.28 bits per heavy atom. The van der Waals surface area contributed by atoms with Crippen molar-refractivity contribution in [1.82, 2.24) is 0 Å². The van der Waals surface area contributed by atoms with Crippen LogP contribution in [0.4, 0.5) is 0 Å². The van der Waals surface area contributed by atoms with Gasteiger partial charge in [-0.05, 0) is 38.5 Å². The second-order valence-corrected chi connectivity index (χ2v) is 5.84. The third-order valence-corrected chi connectivity index (χ3v) is 4.01. The smallest absolute Gasteiger partial charge is 0.328 e. The minimum absolute atomic E-state index is 0.0521. The maximum absolute atomic E-state index is 11.4. The number of hydrogen-bond acceptors (Lipinski definition) is 4. The van der Waals surface area contributed by atoms with Crippen molar-refractivity contribution < 1.29 is 14.6 Å². The molecule has 1 aromatic carbocycles. The van der Waals surface area contributed by atoms with Crippen LogP contribution in [-0.4, -0.2) is 22.9 Å². The fraction of sp³-hybridized carbons (Fsp3) is 0.462. The zero-order valence-corrected chi connectivity index (χ0v) is 11.3. The first kappa shape index (κ1) is 13.2. The zero-order valence-electron chi connectivity index (χ0n) is 10.5. The fourth-order valence-electron chi connectivity index (χ4n) is 2.01. The van der Waals surface area contributed by atoms with Gasteiger partial charge in [-0.1, -0.05) is 0 Å². The predicted octanol–water partition coefficient (Wildman–Crippen LogP) is 2.21. The molecule has 98 valence electrons. The summed E-state index contributed by atoms with van der Waals surface area (Å²) in [5, 5.41) is 9.34. The summed E-state index contributed by atoms with van der Waals surface area (Å²) in [6.07, 6.45) is 0.488. The van der Waals surface area contributed by atoms with E-state index in [2.05, 4.69) is 0 Å². The van der Waals surface area contributed by atoms with Crippen molar-refractivity contribution in [2.24, 2.45) is 5.73 Å². The summed E-state index contributed by atoms with van der Waals surface area (Å²) in [5.41, 5.74) is 5.41. The quantitative estimate of drug-likeness (QED) is 0.878. The largest absolute Gasteiger partial charge is 0.491 e. The highest BCUT2D eigenvalue weighted by Gasteiger charge is 2.40. The first-order chi connectivity index (χ1) is 8.43. The summed E-state index contributed by atoms with van der Waals surface area (Å²) in [7, 11) is 0. The molecule has 1 heterocycles. The van der Waals surface area contributed by atoms with Gasteiger partial charge in [0, 0.05) is 16.2 Å². The van der Waals surface area contributed by atoms with Gasteiger partial charge in [0.15, 0.2) is 0 Å². The summed E-state index contributed by atoms with van der Waals surface area (Å²) in [6.45, 7) is 3.86. The Balaban J connectivity index is 2.44. The van der Waals surface area contributed by atoms with Crippen molar-refractivity contribution in [3.05, 3.63) is 23.8 Å². The number of nitrogens with two attached hydrogens (primary N) is 1. The third-order valence-electron chi connectivity index (χ3n) is 2.94. The minimum atomic E-state index is -1.29. The lowest BCUT2D eigenvalue weighted by Gasteiger charge is -2.31. The maximum Gasteiger partial charge on any atom is 0.328 e. The van der Waals surface area contributed by atoms with E-state index in [0.717, 1.165) is 10.6 Å². The number of benzene rings is 1. The monoisotopic (exact) mass is 267 g/mol. The molecule has 4 nitrogen and oxygen atoms in total. The van der Waals surface area contributed by atoms with E-state index < -0.39 is 11.5 Å². The van der Waals surface area contributed by atoms with Crippen LogP contribution in [0.3, 0.4) is 0 Å². The number of carboxylic acid groups (broad SMARTS) is 1. The van der Waals surface area contributed by atoms with Crippen molar-refractivity contribution in [1.29, 1.82) is 0 Å². The molecule has 0 spiro atoms. The van der Waals surface area contributed by atoms with Gasteiger partial charge in [-0.15, -0.1) is 11.8 Å². The fourth-order valence-corrected chi connectivity index (χ4v) is 3.21. The van der Waals surface area contributed by atoms with E-state index in [1.54, 1.807) is 17.8 Å². The van der Waals surface area contributed by atoms with Gasteiger partial charge in [-0.3, -0.25) is 0 Å². The maximum atomic E-state index is 11.4. The van der Waals surface area contributed by atoms with Gasteiger partial charge in [0.25, 0.3) is 0 Å². The van der Waals surface area contributed by atoms with Crippen molar-refractivity contribution >= 4 is 17.7 Å². The number of carboxylic acids is 1. The molecule has 0 aliphatic carbocycles. The zero-order chi connectivity index (χ0) is 13.3. The summed E-state index contributed by atoms with van der Waals surface area (Å²) in [4.78, 5) is 12.3. The average molecular weight is 267 g/mol. The standard InChI is InChI=1S/C13H17NO3S/c1-8(2)17-9-3-4-11-10(7-9)13(14,12(15)16)5-6-18-11/h3-4,7-8H,5-6,14H2,1-2H3,(H,15,16). The molecule has 1 atom stereocenters. The van der Waals surface area contributed by atoms with Crippen LogP contribution in [0, 0.1) is 0 Å². The predicted molar refractivity (Wildman–Crippen MR) is 71.0 cm³/mol. The van der Waals surface area contributed by atoms with E-state index in [9.17, 15) is 9.90 Å². The number of ether oxygens (including phenoxy) is 1. The van der Waals surface area contributed by atoms with Crippen molar-refractivity contribution in [2.45, 2.75) is 36.8 Å². The molecule has 2 rings (SSSR count). The number of hydrogen-bond donors (Lipinski definition) is 2. The van der Waals surface area contributed by atoms with Crippen LogP contribution < -0.4 is 10.5 Å². The van der Waals surface area contributed by atoms with E-state index >= 15 is 0 Å². The van der Waals surface area contributed by atoms with Crippen LogP contribution in [0.15, 0.2) is 23.1 Å². The molecule has 5 heteroatoms. The lowest BCUT2D eigenvalue weighted by molar-refractivity contribution is -0.144. The van der Waals surface area contributed by atoms with E-state index in [4.69, 9.17) is 10.5 Å². The molecule has 3 N–H and O–H groups in total. The van der Waals surface area contributed by atoms with Crippen LogP contribution in [-0.2, 0) is 10.3 Å². The Morgan fingerprint density at radius 1 is 1.56 bits per heavy atom. The minimum Gasteiger partial charge on any atom is -0.491 e. The van der Waals surface area contributed by atoms with Crippen LogP contribution in [0.25, 0.3) is 0 Å². The molecule has 0 amide bonds. The highest BCUT2D eigenvalue weighted by Crippen LogP contribution is 2.40. The molecular formula is C13H17NO3S. The molecule has 0 fully saturated rings. The normalized spacial score (nSPS) is 22.7. The number of rotatable bonds is 3. The van der Waals surface area contributed by atoms with Crippen molar-refractivity contribution in [3.63, 3.8) is 0 Å². The average Bonchev–Trinajstić information content (AvgIpc) is 2.29.